The van der Waals surface area contributed by atoms with Gasteiger partial charge in [0.2, 0.25) is 0 Å². The van der Waals surface area contributed by atoms with Crippen molar-refractivity contribution in [2.75, 3.05) is 26.2 Å². The summed E-state index contributed by atoms with van der Waals surface area (Å²) in [6, 6.07) is 26.4. The molecule has 39 heavy (non-hydrogen) atoms. The summed E-state index contributed by atoms with van der Waals surface area (Å²) in [5.41, 5.74) is 5.71. The number of nitrogens with zero attached hydrogens (tertiary/aromatic N) is 1. The van der Waals surface area contributed by atoms with Gasteiger partial charge in [-0.25, -0.2) is 0 Å². The maximum Gasteiger partial charge on any atom is 0.314 e. The van der Waals surface area contributed by atoms with Gasteiger partial charge in [-0.15, -0.1) is 0 Å². The molecule has 1 N–H and O–H groups in total. The van der Waals surface area contributed by atoms with E-state index < -0.39 is 6.10 Å². The third-order valence-electron chi connectivity index (χ3n) is 7.55. The maximum absolute atomic E-state index is 12.1. The SMILES string of the molecule is CCC(=C(c1ccc(OCC(O)CN2CCCCC2)cc1)c1ccc(OC(=O)C2CC2)cc1)c1ccccc1. The van der Waals surface area contributed by atoms with Crippen molar-refractivity contribution in [3.8, 4) is 11.5 Å². The number of β-amino-alcohol motifs (C(OH)–C–C–N with tert-alkyl or cyclic N) is 1. The molecule has 1 saturated heterocycles. The zero-order valence-electron chi connectivity index (χ0n) is 22.9. The quantitative estimate of drug-likeness (QED) is 0.174. The number of allylic oxidation sites excluding steroid dienone is 1. The Morgan fingerprint density at radius 1 is 0.846 bits per heavy atom. The average Bonchev–Trinajstić information content (AvgIpc) is 3.83. The van der Waals surface area contributed by atoms with E-state index in [1.54, 1.807) is 0 Å². The zero-order chi connectivity index (χ0) is 27.0. The molecule has 1 atom stereocenters. The molecule has 0 bridgehead atoms. The molecule has 2 fully saturated rings. The minimum atomic E-state index is -0.504. The van der Waals surface area contributed by atoms with E-state index in [-0.39, 0.29) is 18.5 Å². The molecule has 5 rings (SSSR count). The van der Waals surface area contributed by atoms with E-state index in [0.29, 0.717) is 12.3 Å². The third kappa shape index (κ3) is 7.37. The van der Waals surface area contributed by atoms with Crippen molar-refractivity contribution < 1.29 is 19.4 Å². The molecule has 1 aliphatic carbocycles. The van der Waals surface area contributed by atoms with Crippen LogP contribution in [0.3, 0.4) is 0 Å². The summed E-state index contributed by atoms with van der Waals surface area (Å²) in [5.74, 6) is 1.26. The lowest BCUT2D eigenvalue weighted by Gasteiger charge is -2.28. The van der Waals surface area contributed by atoms with Gasteiger partial charge in [-0.3, -0.25) is 4.79 Å². The fourth-order valence-corrected chi connectivity index (χ4v) is 5.29. The lowest BCUT2D eigenvalue weighted by atomic mass is 9.88. The summed E-state index contributed by atoms with van der Waals surface area (Å²) in [6.45, 7) is 5.24. The molecule has 0 aromatic heterocycles. The Morgan fingerprint density at radius 3 is 2.05 bits per heavy atom. The number of piperidine rings is 1. The number of likely N-dealkylation sites (tertiary alicyclic amines) is 1. The maximum atomic E-state index is 12.1. The third-order valence-corrected chi connectivity index (χ3v) is 7.55. The number of hydrogen-bond donors (Lipinski definition) is 1. The molecule has 0 amide bonds. The van der Waals surface area contributed by atoms with Crippen molar-refractivity contribution in [1.82, 2.24) is 4.90 Å². The van der Waals surface area contributed by atoms with E-state index in [4.69, 9.17) is 9.47 Å². The van der Waals surface area contributed by atoms with Gasteiger partial charge in [0.1, 0.15) is 24.2 Å². The predicted molar refractivity (Wildman–Crippen MR) is 156 cm³/mol. The molecule has 2 aliphatic rings. The Balaban J connectivity index is 1.35. The molecule has 204 valence electrons. The van der Waals surface area contributed by atoms with Gasteiger partial charge in [-0.1, -0.05) is 67.9 Å². The molecule has 5 heteroatoms. The van der Waals surface area contributed by atoms with E-state index in [2.05, 4.69) is 48.2 Å². The van der Waals surface area contributed by atoms with Crippen molar-refractivity contribution in [1.29, 1.82) is 0 Å². The Kier molecular flexibility index (Phi) is 9.12. The number of rotatable bonds is 11. The summed E-state index contributed by atoms with van der Waals surface area (Å²) in [6.07, 6.45) is 5.92. The highest BCUT2D eigenvalue weighted by atomic mass is 16.5. The van der Waals surface area contributed by atoms with E-state index in [9.17, 15) is 9.90 Å². The average molecular weight is 526 g/mol. The first-order valence-electron chi connectivity index (χ1n) is 14.3. The van der Waals surface area contributed by atoms with Crippen LogP contribution in [-0.4, -0.2) is 48.3 Å². The van der Waals surface area contributed by atoms with Crippen LogP contribution in [0.15, 0.2) is 78.9 Å². The minimum absolute atomic E-state index is 0.0662. The first kappa shape index (κ1) is 27.2. The van der Waals surface area contributed by atoms with Crippen LogP contribution in [0.4, 0.5) is 0 Å². The van der Waals surface area contributed by atoms with Gasteiger partial charge in [0.15, 0.2) is 0 Å². The van der Waals surface area contributed by atoms with Crippen molar-refractivity contribution in [2.24, 2.45) is 5.92 Å². The van der Waals surface area contributed by atoms with Crippen molar-refractivity contribution in [2.45, 2.75) is 51.6 Å². The number of esters is 1. The van der Waals surface area contributed by atoms with Gasteiger partial charge in [0.25, 0.3) is 0 Å². The highest BCUT2D eigenvalue weighted by Crippen LogP contribution is 2.36. The fraction of sp³-hybridized carbons (Fsp3) is 0.382. The molecule has 5 nitrogen and oxygen atoms in total. The highest BCUT2D eigenvalue weighted by molar-refractivity contribution is 5.98. The number of hydrogen-bond acceptors (Lipinski definition) is 5. The Bertz CT molecular complexity index is 1240. The molecule has 1 aliphatic heterocycles. The number of aliphatic hydroxyl groups is 1. The smallest absolute Gasteiger partial charge is 0.314 e. The molecule has 3 aromatic rings. The Morgan fingerprint density at radius 2 is 1.46 bits per heavy atom. The van der Waals surface area contributed by atoms with Crippen LogP contribution in [0.1, 0.15) is 62.1 Å². The van der Waals surface area contributed by atoms with Crippen LogP contribution in [0.2, 0.25) is 0 Å². The van der Waals surface area contributed by atoms with Gasteiger partial charge in [-0.05, 0) is 97.3 Å². The first-order chi connectivity index (χ1) is 19.1. The monoisotopic (exact) mass is 525 g/mol. The van der Waals surface area contributed by atoms with Crippen LogP contribution < -0.4 is 9.47 Å². The van der Waals surface area contributed by atoms with E-state index in [1.165, 1.54) is 30.4 Å². The normalized spacial score (nSPS) is 17.3. The second-order valence-corrected chi connectivity index (χ2v) is 10.6. The van der Waals surface area contributed by atoms with Crippen LogP contribution in [0.25, 0.3) is 11.1 Å². The summed E-state index contributed by atoms with van der Waals surface area (Å²) >= 11 is 0. The lowest BCUT2D eigenvalue weighted by Crippen LogP contribution is -2.38. The van der Waals surface area contributed by atoms with E-state index in [1.807, 2.05) is 42.5 Å². The van der Waals surface area contributed by atoms with Crippen molar-refractivity contribution >= 4 is 17.1 Å². The molecule has 3 aromatic carbocycles. The zero-order valence-corrected chi connectivity index (χ0v) is 22.9. The number of ether oxygens (including phenoxy) is 2. The number of carbonyl (C=O) groups excluding carboxylic acids is 1. The van der Waals surface area contributed by atoms with Gasteiger partial charge in [-0.2, -0.15) is 0 Å². The molecular formula is C34H39NO4. The standard InChI is InChI=1S/C34H39NO4/c1-2-32(25-9-5-3-6-10-25)33(27-15-19-31(20-16-27)39-34(37)28-11-12-28)26-13-17-30(18-14-26)38-24-29(36)23-35-21-7-4-8-22-35/h3,5-6,9-10,13-20,28-29,36H,2,4,7-8,11-12,21-24H2,1H3. The van der Waals surface area contributed by atoms with Gasteiger partial charge in [0, 0.05) is 6.54 Å². The predicted octanol–water partition coefficient (Wildman–Crippen LogP) is 6.60. The van der Waals surface area contributed by atoms with Crippen molar-refractivity contribution in [3.05, 3.63) is 95.6 Å². The molecule has 0 spiro atoms. The van der Waals surface area contributed by atoms with E-state index >= 15 is 0 Å². The Labute approximate surface area is 232 Å². The van der Waals surface area contributed by atoms with Crippen LogP contribution in [0.5, 0.6) is 11.5 Å². The topological polar surface area (TPSA) is 59.0 Å². The van der Waals surface area contributed by atoms with E-state index in [0.717, 1.165) is 54.8 Å². The summed E-state index contributed by atoms with van der Waals surface area (Å²) < 4.78 is 11.5. The number of aliphatic hydroxyl groups excluding tert-OH is 1. The summed E-state index contributed by atoms with van der Waals surface area (Å²) in [4.78, 5) is 14.4. The second-order valence-electron chi connectivity index (χ2n) is 10.6. The highest BCUT2D eigenvalue weighted by Gasteiger charge is 2.31. The van der Waals surface area contributed by atoms with Crippen molar-refractivity contribution in [3.63, 3.8) is 0 Å². The largest absolute Gasteiger partial charge is 0.491 e. The molecule has 0 radical (unpaired) electrons. The lowest BCUT2D eigenvalue weighted by molar-refractivity contribution is -0.135. The molecule has 1 unspecified atom stereocenters. The van der Waals surface area contributed by atoms with Gasteiger partial charge >= 0.3 is 5.97 Å². The van der Waals surface area contributed by atoms with Gasteiger partial charge in [0.05, 0.1) is 5.92 Å². The number of carbonyl (C=O) groups is 1. The minimum Gasteiger partial charge on any atom is -0.491 e. The van der Waals surface area contributed by atoms with Crippen LogP contribution in [-0.2, 0) is 4.79 Å². The van der Waals surface area contributed by atoms with Crippen LogP contribution in [0, 0.1) is 5.92 Å². The number of benzene rings is 3. The molecular weight excluding hydrogens is 486 g/mol. The fourth-order valence-electron chi connectivity index (χ4n) is 5.29. The molecule has 1 heterocycles. The first-order valence-corrected chi connectivity index (χ1v) is 14.3. The Hall–Kier alpha value is -3.41. The molecule has 1 saturated carbocycles. The summed E-state index contributed by atoms with van der Waals surface area (Å²) in [7, 11) is 0. The summed E-state index contributed by atoms with van der Waals surface area (Å²) in [5, 5.41) is 10.5. The second kappa shape index (κ2) is 13.1. The van der Waals surface area contributed by atoms with Gasteiger partial charge < -0.3 is 19.5 Å². The van der Waals surface area contributed by atoms with Crippen LogP contribution >= 0.6 is 0 Å².